The van der Waals surface area contributed by atoms with E-state index in [-0.39, 0.29) is 23.7 Å². The summed E-state index contributed by atoms with van der Waals surface area (Å²) in [5.74, 6) is 1.12. The molecule has 0 unspecified atom stereocenters. The molecule has 0 saturated carbocycles. The fourth-order valence-corrected chi connectivity index (χ4v) is 2.83. The molecular formula is C19H17IN2O4. The Labute approximate surface area is 164 Å². The second kappa shape index (κ2) is 7.86. The van der Waals surface area contributed by atoms with Crippen LogP contribution in [0.3, 0.4) is 0 Å². The first-order valence-electron chi connectivity index (χ1n) is 7.96. The average Bonchev–Trinajstić information content (AvgIpc) is 3.05. The number of aromatic nitrogens is 2. The number of halogens is 1. The maximum Gasteiger partial charge on any atom is 0.264 e. The number of rotatable bonds is 6. The predicted molar refractivity (Wildman–Crippen MR) is 103 cm³/mol. The number of carbonyl (C=O) groups is 1. The van der Waals surface area contributed by atoms with Gasteiger partial charge in [0.15, 0.2) is 18.2 Å². The van der Waals surface area contributed by atoms with Crippen molar-refractivity contribution in [2.45, 2.75) is 26.9 Å². The Morgan fingerprint density at radius 1 is 1.23 bits per heavy atom. The zero-order valence-corrected chi connectivity index (χ0v) is 16.5. The number of carbonyl (C=O) groups excluding carboxylic acids is 1. The molecule has 0 radical (unpaired) electrons. The third-order valence-electron chi connectivity index (χ3n) is 3.90. The molecule has 1 aromatic heterocycles. The summed E-state index contributed by atoms with van der Waals surface area (Å²) < 4.78 is 12.0. The molecule has 0 aliphatic rings. The molecule has 0 saturated heterocycles. The van der Waals surface area contributed by atoms with Crippen LogP contribution in [0.2, 0.25) is 0 Å². The molecule has 0 aliphatic heterocycles. The summed E-state index contributed by atoms with van der Waals surface area (Å²) in [6, 6.07) is 11.3. The third-order valence-corrected chi connectivity index (χ3v) is 4.62. The molecule has 0 aliphatic carbocycles. The van der Waals surface area contributed by atoms with Crippen LogP contribution < -0.4 is 4.74 Å². The molecule has 0 atom stereocenters. The summed E-state index contributed by atoms with van der Waals surface area (Å²) in [7, 11) is 0. The highest BCUT2D eigenvalue weighted by atomic mass is 127. The monoisotopic (exact) mass is 464 g/mol. The fourth-order valence-electron chi connectivity index (χ4n) is 2.47. The quantitative estimate of drug-likeness (QED) is 0.438. The maximum absolute atomic E-state index is 11.4. The van der Waals surface area contributed by atoms with E-state index in [1.165, 1.54) is 16.6 Å². The van der Waals surface area contributed by atoms with E-state index in [0.29, 0.717) is 29.4 Å². The summed E-state index contributed by atoms with van der Waals surface area (Å²) >= 11 is 2.26. The van der Waals surface area contributed by atoms with Crippen molar-refractivity contribution in [2.75, 3.05) is 0 Å². The molecule has 3 rings (SSSR count). The Hall–Kier alpha value is -2.42. The van der Waals surface area contributed by atoms with E-state index < -0.39 is 0 Å². The molecule has 7 heteroatoms. The van der Waals surface area contributed by atoms with Gasteiger partial charge in [-0.1, -0.05) is 17.3 Å². The molecular weight excluding hydrogens is 447 g/mol. The van der Waals surface area contributed by atoms with Crippen molar-refractivity contribution in [3.05, 3.63) is 68.4 Å². The van der Waals surface area contributed by atoms with Gasteiger partial charge in [-0.25, -0.2) is 0 Å². The molecule has 0 bridgehead atoms. The average molecular weight is 464 g/mol. The molecule has 1 N–H and O–H groups in total. The van der Waals surface area contributed by atoms with Gasteiger partial charge in [0.25, 0.3) is 5.89 Å². The lowest BCUT2D eigenvalue weighted by Crippen LogP contribution is -2.00. The lowest BCUT2D eigenvalue weighted by molar-refractivity contribution is 0.101. The molecule has 0 spiro atoms. The third kappa shape index (κ3) is 4.21. The Morgan fingerprint density at radius 3 is 2.65 bits per heavy atom. The molecule has 3 aromatic rings. The topological polar surface area (TPSA) is 85.5 Å². The Balaban J connectivity index is 1.66. The van der Waals surface area contributed by atoms with Crippen molar-refractivity contribution in [3.63, 3.8) is 0 Å². The van der Waals surface area contributed by atoms with Gasteiger partial charge < -0.3 is 14.4 Å². The first kappa shape index (κ1) is 18.4. The van der Waals surface area contributed by atoms with Gasteiger partial charge in [-0.3, -0.25) is 4.79 Å². The molecule has 0 amide bonds. The Kier molecular flexibility index (Phi) is 5.55. The van der Waals surface area contributed by atoms with Crippen molar-refractivity contribution in [2.24, 2.45) is 0 Å². The minimum absolute atomic E-state index is 0.0695. The number of phenolic OH excluding ortho intramolecular Hbond substituents is 1. The number of ketones is 1. The minimum Gasteiger partial charge on any atom is -0.507 e. The molecule has 2 aromatic carbocycles. The van der Waals surface area contributed by atoms with E-state index in [1.54, 1.807) is 13.0 Å². The summed E-state index contributed by atoms with van der Waals surface area (Å²) in [6.07, 6.45) is 0.577. The van der Waals surface area contributed by atoms with Gasteiger partial charge in [0.2, 0.25) is 0 Å². The highest BCUT2D eigenvalue weighted by Crippen LogP contribution is 2.31. The van der Waals surface area contributed by atoms with Crippen LogP contribution in [-0.2, 0) is 13.0 Å². The molecule has 134 valence electrons. The molecule has 1 heterocycles. The van der Waals surface area contributed by atoms with E-state index in [0.717, 1.165) is 5.56 Å². The van der Waals surface area contributed by atoms with Crippen molar-refractivity contribution in [1.29, 1.82) is 0 Å². The van der Waals surface area contributed by atoms with Gasteiger partial charge in [0.1, 0.15) is 11.5 Å². The number of nitrogens with zero attached hydrogens (tertiary/aromatic N) is 2. The van der Waals surface area contributed by atoms with Gasteiger partial charge in [0, 0.05) is 15.6 Å². The first-order valence-corrected chi connectivity index (χ1v) is 9.04. The van der Waals surface area contributed by atoms with Crippen molar-refractivity contribution >= 4 is 28.4 Å². The number of Topliss-reactive ketones (excluding diaryl/α,β-unsaturated/α-hetero) is 1. The standard InChI is InChI=1S/C19H17IN2O4/c1-11-16(8-7-15(12(2)23)19(11)24)25-10-18-21-17(22-26-18)9-13-3-5-14(20)6-4-13/h3-8,24H,9-10H2,1-2H3. The summed E-state index contributed by atoms with van der Waals surface area (Å²) in [5, 5.41) is 14.0. The van der Waals surface area contributed by atoms with Crippen LogP contribution in [0.4, 0.5) is 0 Å². The zero-order valence-electron chi connectivity index (χ0n) is 14.3. The molecule has 6 nitrogen and oxygen atoms in total. The number of hydrogen-bond acceptors (Lipinski definition) is 6. The number of ether oxygens (including phenoxy) is 1. The van der Waals surface area contributed by atoms with E-state index in [2.05, 4.69) is 32.7 Å². The zero-order chi connectivity index (χ0) is 18.7. The van der Waals surface area contributed by atoms with Gasteiger partial charge in [-0.2, -0.15) is 4.98 Å². The van der Waals surface area contributed by atoms with Gasteiger partial charge in [0.05, 0.1) is 5.56 Å². The van der Waals surface area contributed by atoms with Crippen molar-refractivity contribution in [3.8, 4) is 11.5 Å². The van der Waals surface area contributed by atoms with E-state index in [1.807, 2.05) is 24.3 Å². The van der Waals surface area contributed by atoms with E-state index in [9.17, 15) is 9.90 Å². The summed E-state index contributed by atoms with van der Waals surface area (Å²) in [4.78, 5) is 15.8. The molecule has 0 fully saturated rings. The second-order valence-electron chi connectivity index (χ2n) is 5.84. The summed E-state index contributed by atoms with van der Waals surface area (Å²) in [6.45, 7) is 3.18. The van der Waals surface area contributed by atoms with Crippen molar-refractivity contribution < 1.29 is 19.2 Å². The molecule has 26 heavy (non-hydrogen) atoms. The van der Waals surface area contributed by atoms with Gasteiger partial charge in [-0.15, -0.1) is 0 Å². The number of hydrogen-bond donors (Lipinski definition) is 1. The largest absolute Gasteiger partial charge is 0.507 e. The highest BCUT2D eigenvalue weighted by Gasteiger charge is 2.14. The smallest absolute Gasteiger partial charge is 0.264 e. The maximum atomic E-state index is 11.4. The Bertz CT molecular complexity index is 935. The number of benzene rings is 2. The second-order valence-corrected chi connectivity index (χ2v) is 7.08. The van der Waals surface area contributed by atoms with E-state index in [4.69, 9.17) is 9.26 Å². The van der Waals surface area contributed by atoms with Gasteiger partial charge in [-0.05, 0) is 66.3 Å². The SMILES string of the molecule is CC(=O)c1ccc(OCc2nc(Cc3ccc(I)cc3)no2)c(C)c1O. The Morgan fingerprint density at radius 2 is 1.96 bits per heavy atom. The first-order chi connectivity index (χ1) is 12.4. The highest BCUT2D eigenvalue weighted by molar-refractivity contribution is 14.1. The van der Waals surface area contributed by atoms with Crippen LogP contribution in [-0.4, -0.2) is 21.0 Å². The number of aromatic hydroxyl groups is 1. The lowest BCUT2D eigenvalue weighted by Gasteiger charge is -2.10. The predicted octanol–water partition coefficient (Wildman–Crippen LogP) is 4.06. The van der Waals surface area contributed by atoms with E-state index >= 15 is 0 Å². The van der Waals surface area contributed by atoms with Crippen LogP contribution in [0.15, 0.2) is 40.9 Å². The van der Waals surface area contributed by atoms with Crippen LogP contribution in [0.1, 0.15) is 40.1 Å². The lowest BCUT2D eigenvalue weighted by atomic mass is 10.1. The van der Waals surface area contributed by atoms with Crippen LogP contribution in [0.25, 0.3) is 0 Å². The van der Waals surface area contributed by atoms with Crippen LogP contribution >= 0.6 is 22.6 Å². The van der Waals surface area contributed by atoms with Crippen molar-refractivity contribution in [1.82, 2.24) is 10.1 Å². The van der Waals surface area contributed by atoms with Crippen LogP contribution in [0, 0.1) is 10.5 Å². The summed E-state index contributed by atoms with van der Waals surface area (Å²) in [5.41, 5.74) is 1.86. The fraction of sp³-hybridized carbons (Fsp3) is 0.211. The van der Waals surface area contributed by atoms with Crippen LogP contribution in [0.5, 0.6) is 11.5 Å². The minimum atomic E-state index is -0.200. The van der Waals surface area contributed by atoms with Gasteiger partial charge >= 0.3 is 0 Å². The normalized spacial score (nSPS) is 10.7. The number of phenols is 1.